The van der Waals surface area contributed by atoms with Gasteiger partial charge in [-0.25, -0.2) is 0 Å². The van der Waals surface area contributed by atoms with Crippen molar-refractivity contribution in [2.24, 2.45) is 11.1 Å². The maximum atomic E-state index is 12.6. The maximum Gasteiger partial charge on any atom is 0.233 e. The van der Waals surface area contributed by atoms with Crippen molar-refractivity contribution in [3.8, 4) is 0 Å². The highest BCUT2D eigenvalue weighted by Gasteiger charge is 2.39. The Bertz CT molecular complexity index is 334. The van der Waals surface area contributed by atoms with E-state index in [-0.39, 0.29) is 11.9 Å². The molecule has 4 nitrogen and oxygen atoms in total. The Labute approximate surface area is 128 Å². The van der Waals surface area contributed by atoms with E-state index < -0.39 is 5.41 Å². The number of hydrogen-bond acceptors (Lipinski definition) is 3. The van der Waals surface area contributed by atoms with Gasteiger partial charge >= 0.3 is 0 Å². The average molecular weight is 299 g/mol. The third kappa shape index (κ3) is 3.92. The van der Waals surface area contributed by atoms with Crippen LogP contribution >= 0.6 is 12.2 Å². The molecule has 0 spiro atoms. The Balaban J connectivity index is 2.56. The minimum Gasteiger partial charge on any atom is -0.392 e. The van der Waals surface area contributed by atoms with Gasteiger partial charge in [0.15, 0.2) is 0 Å². The molecule has 20 heavy (non-hydrogen) atoms. The van der Waals surface area contributed by atoms with Crippen molar-refractivity contribution >= 4 is 23.1 Å². The van der Waals surface area contributed by atoms with Crippen LogP contribution < -0.4 is 11.1 Å². The number of nitrogens with zero attached hydrogens (tertiary/aromatic N) is 1. The molecular formula is C15H29N3OS. The van der Waals surface area contributed by atoms with Crippen molar-refractivity contribution in [2.75, 3.05) is 19.6 Å². The Hall–Kier alpha value is -0.680. The number of hydrogen-bond donors (Lipinski definition) is 2. The number of piperidine rings is 1. The van der Waals surface area contributed by atoms with Crippen molar-refractivity contribution in [2.45, 2.75) is 58.9 Å². The number of thiocarbonyl (C=S) groups is 1. The van der Waals surface area contributed by atoms with E-state index in [1.807, 2.05) is 13.8 Å². The Morgan fingerprint density at radius 3 is 2.25 bits per heavy atom. The van der Waals surface area contributed by atoms with Crippen LogP contribution in [0.4, 0.5) is 0 Å². The van der Waals surface area contributed by atoms with Crippen LogP contribution in [0.25, 0.3) is 0 Å². The number of likely N-dealkylation sites (tertiary alicyclic amines) is 1. The normalized spacial score (nSPS) is 17.9. The van der Waals surface area contributed by atoms with Crippen molar-refractivity contribution in [1.29, 1.82) is 0 Å². The first-order chi connectivity index (χ1) is 9.50. The first-order valence-corrected chi connectivity index (χ1v) is 8.24. The molecule has 1 amide bonds. The van der Waals surface area contributed by atoms with Crippen molar-refractivity contribution in [3.05, 3.63) is 0 Å². The van der Waals surface area contributed by atoms with Gasteiger partial charge in [-0.1, -0.05) is 33.0 Å². The summed E-state index contributed by atoms with van der Waals surface area (Å²) in [6, 6.07) is 0.266. The average Bonchev–Trinajstić information content (AvgIpc) is 2.43. The molecule has 1 saturated heterocycles. The summed E-state index contributed by atoms with van der Waals surface area (Å²) >= 11 is 5.13. The molecule has 116 valence electrons. The lowest BCUT2D eigenvalue weighted by Gasteiger charge is -2.35. The zero-order valence-electron chi connectivity index (χ0n) is 13.1. The Morgan fingerprint density at radius 2 is 1.85 bits per heavy atom. The predicted octanol–water partition coefficient (Wildman–Crippen LogP) is 2.07. The van der Waals surface area contributed by atoms with E-state index in [1.165, 1.54) is 6.42 Å². The largest absolute Gasteiger partial charge is 0.392 e. The number of carbonyl (C=O) groups is 1. The third-order valence-corrected chi connectivity index (χ3v) is 4.97. The topological polar surface area (TPSA) is 58.4 Å². The summed E-state index contributed by atoms with van der Waals surface area (Å²) in [6.07, 6.45) is 4.56. The monoisotopic (exact) mass is 299 g/mol. The second-order valence-corrected chi connectivity index (χ2v) is 6.18. The van der Waals surface area contributed by atoms with Gasteiger partial charge in [0.25, 0.3) is 0 Å². The molecule has 0 saturated carbocycles. The van der Waals surface area contributed by atoms with Crippen LogP contribution in [0.15, 0.2) is 0 Å². The van der Waals surface area contributed by atoms with Crippen LogP contribution in [0.2, 0.25) is 0 Å². The molecule has 0 bridgehead atoms. The fraction of sp³-hybridized carbons (Fsp3) is 0.867. The Morgan fingerprint density at radius 1 is 1.30 bits per heavy atom. The van der Waals surface area contributed by atoms with Gasteiger partial charge in [-0.15, -0.1) is 0 Å². The third-order valence-electron chi connectivity index (χ3n) is 4.58. The van der Waals surface area contributed by atoms with Crippen molar-refractivity contribution in [1.82, 2.24) is 10.2 Å². The van der Waals surface area contributed by atoms with Gasteiger partial charge in [-0.2, -0.15) is 0 Å². The fourth-order valence-electron chi connectivity index (χ4n) is 2.97. The molecule has 1 aliphatic heterocycles. The molecule has 1 aliphatic rings. The summed E-state index contributed by atoms with van der Waals surface area (Å²) in [6.45, 7) is 9.45. The molecule has 0 aliphatic carbocycles. The van der Waals surface area contributed by atoms with Crippen LogP contribution in [0.1, 0.15) is 52.9 Å². The zero-order chi connectivity index (χ0) is 15.2. The molecular weight excluding hydrogens is 270 g/mol. The second-order valence-electron chi connectivity index (χ2n) is 5.74. The number of nitrogens with two attached hydrogens (primary N) is 1. The quantitative estimate of drug-likeness (QED) is 0.707. The van der Waals surface area contributed by atoms with Gasteiger partial charge in [-0.3, -0.25) is 4.79 Å². The van der Waals surface area contributed by atoms with E-state index in [4.69, 9.17) is 18.0 Å². The highest BCUT2D eigenvalue weighted by atomic mass is 32.1. The molecule has 0 aromatic heterocycles. The molecule has 0 aromatic carbocycles. The summed E-state index contributed by atoms with van der Waals surface area (Å²) in [5, 5.41) is 3.17. The molecule has 0 atom stereocenters. The predicted molar refractivity (Wildman–Crippen MR) is 87.7 cm³/mol. The van der Waals surface area contributed by atoms with E-state index >= 15 is 0 Å². The SMILES string of the molecule is CCCN1CCC(NC(=O)C(CC)(CC)C(N)=S)CC1. The van der Waals surface area contributed by atoms with E-state index in [9.17, 15) is 4.79 Å². The summed E-state index contributed by atoms with van der Waals surface area (Å²) in [4.78, 5) is 15.3. The maximum absolute atomic E-state index is 12.6. The van der Waals surface area contributed by atoms with E-state index in [0.29, 0.717) is 17.8 Å². The lowest BCUT2D eigenvalue weighted by atomic mass is 9.81. The lowest BCUT2D eigenvalue weighted by Crippen LogP contribution is -2.53. The number of rotatable bonds is 7. The van der Waals surface area contributed by atoms with Crippen LogP contribution in [-0.2, 0) is 4.79 Å². The smallest absolute Gasteiger partial charge is 0.233 e. The van der Waals surface area contributed by atoms with Gasteiger partial charge in [0, 0.05) is 19.1 Å². The first kappa shape index (κ1) is 17.4. The van der Waals surface area contributed by atoms with E-state index in [2.05, 4.69) is 17.1 Å². The fourth-order valence-corrected chi connectivity index (χ4v) is 3.35. The summed E-state index contributed by atoms with van der Waals surface area (Å²) < 4.78 is 0. The minimum atomic E-state index is -0.671. The minimum absolute atomic E-state index is 0.0175. The number of amides is 1. The van der Waals surface area contributed by atoms with Gasteiger partial charge in [0.2, 0.25) is 5.91 Å². The van der Waals surface area contributed by atoms with Crippen LogP contribution in [0, 0.1) is 5.41 Å². The van der Waals surface area contributed by atoms with Gasteiger partial charge in [0.1, 0.15) is 0 Å². The molecule has 1 rings (SSSR count). The number of carbonyl (C=O) groups excluding carboxylic acids is 1. The molecule has 0 aromatic rings. The second kappa shape index (κ2) is 7.93. The van der Waals surface area contributed by atoms with E-state index in [1.54, 1.807) is 0 Å². The van der Waals surface area contributed by atoms with Gasteiger partial charge < -0.3 is 16.0 Å². The van der Waals surface area contributed by atoms with E-state index in [0.717, 1.165) is 32.5 Å². The molecule has 5 heteroatoms. The zero-order valence-corrected chi connectivity index (χ0v) is 13.9. The Kier molecular flexibility index (Phi) is 6.89. The standard InChI is InChI=1S/C15H29N3OS/c1-4-9-18-10-7-12(8-11-18)17-14(19)15(5-2,6-3)13(16)20/h12H,4-11H2,1-3H3,(H2,16,20)(H,17,19). The van der Waals surface area contributed by atoms with Crippen LogP contribution in [0.3, 0.4) is 0 Å². The van der Waals surface area contributed by atoms with Crippen LogP contribution in [-0.4, -0.2) is 41.5 Å². The highest BCUT2D eigenvalue weighted by molar-refractivity contribution is 7.80. The molecule has 0 unspecified atom stereocenters. The highest BCUT2D eigenvalue weighted by Crippen LogP contribution is 2.28. The molecule has 3 N–H and O–H groups in total. The lowest BCUT2D eigenvalue weighted by molar-refractivity contribution is -0.128. The van der Waals surface area contributed by atoms with Gasteiger partial charge in [0.05, 0.1) is 10.4 Å². The van der Waals surface area contributed by atoms with Crippen molar-refractivity contribution < 1.29 is 4.79 Å². The van der Waals surface area contributed by atoms with Gasteiger partial charge in [-0.05, 0) is 38.6 Å². The van der Waals surface area contributed by atoms with Crippen LogP contribution in [0.5, 0.6) is 0 Å². The summed E-state index contributed by atoms with van der Waals surface area (Å²) in [5.41, 5.74) is 5.15. The number of nitrogens with one attached hydrogen (secondary N) is 1. The molecule has 0 radical (unpaired) electrons. The first-order valence-electron chi connectivity index (χ1n) is 7.83. The molecule has 1 heterocycles. The summed E-state index contributed by atoms with van der Waals surface area (Å²) in [7, 11) is 0. The molecule has 1 fully saturated rings. The summed E-state index contributed by atoms with van der Waals surface area (Å²) in [5.74, 6) is 0.0175. The van der Waals surface area contributed by atoms with Crippen molar-refractivity contribution in [3.63, 3.8) is 0 Å².